The zero-order chi connectivity index (χ0) is 30.2. The number of anilines is 3. The van der Waals surface area contributed by atoms with Gasteiger partial charge in [-0.1, -0.05) is 140 Å². The van der Waals surface area contributed by atoms with Crippen molar-refractivity contribution in [2.45, 2.75) is 24.9 Å². The van der Waals surface area contributed by atoms with E-state index in [0.717, 1.165) is 0 Å². The molecule has 218 valence electrons. The van der Waals surface area contributed by atoms with E-state index in [1.165, 1.54) is 96.2 Å². The highest BCUT2D eigenvalue weighted by Crippen LogP contribution is 2.48. The fraction of sp³-hybridized carbons (Fsp3) is 0.0909. The summed E-state index contributed by atoms with van der Waals surface area (Å²) in [5, 5.41) is 13.6. The van der Waals surface area contributed by atoms with Crippen molar-refractivity contribution in [2.75, 3.05) is 4.90 Å². The van der Waals surface area contributed by atoms with Crippen molar-refractivity contribution in [3.05, 3.63) is 152 Å². The number of hydrogen-bond acceptors (Lipinski definition) is 1. The third-order valence-electron chi connectivity index (χ3n) is 10.9. The lowest BCUT2D eigenvalue weighted by molar-refractivity contribution is 0.935. The monoisotopic (exact) mass is 603 g/mol. The lowest BCUT2D eigenvalue weighted by Gasteiger charge is -2.43. The van der Waals surface area contributed by atoms with Gasteiger partial charge in [0, 0.05) is 16.8 Å². The summed E-state index contributed by atoms with van der Waals surface area (Å²) in [6, 6.07) is 60.0. The smallest absolute Gasteiger partial charge is 0.123 e. The van der Waals surface area contributed by atoms with Gasteiger partial charge in [0.25, 0.3) is 0 Å². The third kappa shape index (κ3) is 3.56. The number of fused-ring (bicyclic) bond motifs is 10. The Hall–Kier alpha value is -5.18. The van der Waals surface area contributed by atoms with E-state index in [1.54, 1.807) is 10.4 Å². The zero-order valence-corrected chi connectivity index (χ0v) is 26.7. The number of benzene rings is 8. The molecule has 1 nitrogen and oxygen atoms in total. The van der Waals surface area contributed by atoms with Crippen LogP contribution in [0.2, 0.25) is 12.1 Å². The second kappa shape index (κ2) is 9.91. The van der Waals surface area contributed by atoms with Gasteiger partial charge in [0.2, 0.25) is 0 Å². The molecule has 2 heterocycles. The molecular weight excluding hydrogens is 571 g/mol. The summed E-state index contributed by atoms with van der Waals surface area (Å²) in [5.74, 6) is 0. The standard InChI is InChI=1S/C44H33NSi/c1-2-16-32-30(14-1)15-13-21-33(32)38-28-31-29-41(35-18-4-6-20-37(35)44(31)36-19-5-3-17-34(36)38)45-39-22-7-9-24-42(39)46(26-11-12-27-46)43-25-10-8-23-40(43)45/h1-10,13-25,28-29H,11-12,26-27H2. The van der Waals surface area contributed by atoms with Crippen LogP contribution in [0.15, 0.2) is 152 Å². The number of nitrogens with zero attached hydrogens (tertiary/aromatic N) is 1. The van der Waals surface area contributed by atoms with Crippen molar-refractivity contribution in [1.82, 2.24) is 0 Å². The van der Waals surface area contributed by atoms with Crippen LogP contribution in [0.3, 0.4) is 0 Å². The van der Waals surface area contributed by atoms with Crippen LogP contribution < -0.4 is 15.3 Å². The molecule has 8 aromatic rings. The Kier molecular flexibility index (Phi) is 5.62. The molecular formula is C44H33NSi. The third-order valence-corrected chi connectivity index (χ3v) is 16.3. The molecule has 0 amide bonds. The molecule has 0 aromatic heterocycles. The van der Waals surface area contributed by atoms with E-state index in [-0.39, 0.29) is 0 Å². The first-order valence-electron chi connectivity index (χ1n) is 16.7. The van der Waals surface area contributed by atoms with Crippen LogP contribution >= 0.6 is 0 Å². The van der Waals surface area contributed by atoms with Crippen LogP contribution in [0.5, 0.6) is 0 Å². The van der Waals surface area contributed by atoms with Crippen LogP contribution in [0.25, 0.3) is 54.2 Å². The van der Waals surface area contributed by atoms with Crippen molar-refractivity contribution in [3.8, 4) is 11.1 Å². The zero-order valence-electron chi connectivity index (χ0n) is 25.7. The van der Waals surface area contributed by atoms with Crippen LogP contribution in [0.1, 0.15) is 12.8 Å². The maximum atomic E-state index is 2.61. The predicted molar refractivity (Wildman–Crippen MR) is 200 cm³/mol. The quantitative estimate of drug-likeness (QED) is 0.140. The molecule has 0 atom stereocenters. The van der Waals surface area contributed by atoms with Crippen LogP contribution in [0.4, 0.5) is 17.1 Å². The summed E-state index contributed by atoms with van der Waals surface area (Å²) in [6.45, 7) is 0. The van der Waals surface area contributed by atoms with Crippen molar-refractivity contribution >= 4 is 78.6 Å². The van der Waals surface area contributed by atoms with E-state index >= 15 is 0 Å². The Morgan fingerprint density at radius 1 is 0.391 bits per heavy atom. The lowest BCUT2D eigenvalue weighted by atomic mass is 9.88. The van der Waals surface area contributed by atoms with Gasteiger partial charge in [-0.2, -0.15) is 0 Å². The van der Waals surface area contributed by atoms with Crippen LogP contribution in [0, 0.1) is 0 Å². The van der Waals surface area contributed by atoms with E-state index in [2.05, 4.69) is 157 Å². The summed E-state index contributed by atoms with van der Waals surface area (Å²) in [5.41, 5.74) is 6.61. The van der Waals surface area contributed by atoms with Gasteiger partial charge < -0.3 is 4.90 Å². The second-order valence-electron chi connectivity index (χ2n) is 13.2. The summed E-state index contributed by atoms with van der Waals surface area (Å²) in [7, 11) is -1.81. The van der Waals surface area contributed by atoms with E-state index in [1.807, 2.05) is 0 Å². The Balaban J connectivity index is 1.33. The molecule has 0 saturated carbocycles. The van der Waals surface area contributed by atoms with Gasteiger partial charge in [0.1, 0.15) is 8.07 Å². The molecule has 2 aliphatic rings. The molecule has 0 aliphatic carbocycles. The molecule has 0 N–H and O–H groups in total. The van der Waals surface area contributed by atoms with Gasteiger partial charge in [-0.15, -0.1) is 0 Å². The SMILES string of the molecule is c1ccc2c(c1)N(c1cc3cc(-c4cccc5ccccc45)c4ccccc4c3c3ccccc13)c1ccccc1[Si]21CCCC1. The molecule has 0 bridgehead atoms. The molecule has 10 rings (SSSR count). The highest BCUT2D eigenvalue weighted by Gasteiger charge is 2.47. The van der Waals surface area contributed by atoms with E-state index in [4.69, 9.17) is 0 Å². The first-order valence-corrected chi connectivity index (χ1v) is 19.1. The van der Waals surface area contributed by atoms with Gasteiger partial charge in [0.15, 0.2) is 0 Å². The van der Waals surface area contributed by atoms with Crippen molar-refractivity contribution < 1.29 is 0 Å². The highest BCUT2D eigenvalue weighted by molar-refractivity contribution is 7.05. The Bertz CT molecular complexity index is 2450. The summed E-state index contributed by atoms with van der Waals surface area (Å²) >= 11 is 0. The van der Waals surface area contributed by atoms with E-state index in [9.17, 15) is 0 Å². The largest absolute Gasteiger partial charge is 0.310 e. The summed E-state index contributed by atoms with van der Waals surface area (Å²) in [4.78, 5) is 2.61. The minimum atomic E-state index is -1.81. The first kappa shape index (κ1) is 26.1. The van der Waals surface area contributed by atoms with Gasteiger partial charge in [0.05, 0.1) is 5.69 Å². The van der Waals surface area contributed by atoms with Crippen LogP contribution in [-0.4, -0.2) is 8.07 Å². The van der Waals surface area contributed by atoms with Crippen molar-refractivity contribution in [3.63, 3.8) is 0 Å². The molecule has 8 aromatic carbocycles. The number of hydrogen-bond donors (Lipinski definition) is 0. The molecule has 0 radical (unpaired) electrons. The summed E-state index contributed by atoms with van der Waals surface area (Å²) in [6.07, 6.45) is 2.69. The average Bonchev–Trinajstić information content (AvgIpc) is 3.62. The van der Waals surface area contributed by atoms with Gasteiger partial charge in [-0.25, -0.2) is 0 Å². The maximum absolute atomic E-state index is 2.61. The second-order valence-corrected chi connectivity index (χ2v) is 17.4. The lowest BCUT2D eigenvalue weighted by Crippen LogP contribution is -2.60. The Morgan fingerprint density at radius 3 is 1.65 bits per heavy atom. The predicted octanol–water partition coefficient (Wildman–Crippen LogP) is 11.1. The fourth-order valence-electron chi connectivity index (χ4n) is 9.03. The fourth-order valence-corrected chi connectivity index (χ4v) is 14.6. The van der Waals surface area contributed by atoms with Gasteiger partial charge in [-0.3, -0.25) is 0 Å². The first-order chi connectivity index (χ1) is 22.8. The maximum Gasteiger partial charge on any atom is 0.123 e. The molecule has 2 heteroatoms. The molecule has 2 aliphatic heterocycles. The molecule has 46 heavy (non-hydrogen) atoms. The van der Waals surface area contributed by atoms with Gasteiger partial charge in [-0.05, 0) is 95.6 Å². The minimum Gasteiger partial charge on any atom is -0.310 e. The van der Waals surface area contributed by atoms with Crippen LogP contribution in [-0.2, 0) is 0 Å². The normalized spacial score (nSPS) is 15.2. The molecule has 0 unspecified atom stereocenters. The van der Waals surface area contributed by atoms with Gasteiger partial charge >= 0.3 is 0 Å². The summed E-state index contributed by atoms with van der Waals surface area (Å²) < 4.78 is 0. The number of rotatable bonds is 2. The molecule has 1 fully saturated rings. The van der Waals surface area contributed by atoms with E-state index < -0.39 is 8.07 Å². The van der Waals surface area contributed by atoms with E-state index in [0.29, 0.717) is 0 Å². The Morgan fingerprint density at radius 2 is 0.935 bits per heavy atom. The number of para-hydroxylation sites is 2. The topological polar surface area (TPSA) is 3.24 Å². The van der Waals surface area contributed by atoms with Crippen molar-refractivity contribution in [1.29, 1.82) is 0 Å². The molecule has 1 saturated heterocycles. The minimum absolute atomic E-state index is 1.27. The Labute approximate surface area is 270 Å². The highest BCUT2D eigenvalue weighted by atomic mass is 28.3. The molecule has 1 spiro atoms. The van der Waals surface area contributed by atoms with Crippen molar-refractivity contribution in [2.24, 2.45) is 0 Å². The average molecular weight is 604 g/mol.